The van der Waals surface area contributed by atoms with Crippen molar-refractivity contribution in [1.82, 2.24) is 10.0 Å². The van der Waals surface area contributed by atoms with E-state index in [4.69, 9.17) is 11.6 Å². The zero-order valence-electron chi connectivity index (χ0n) is 12.5. The van der Waals surface area contributed by atoms with Crippen molar-refractivity contribution in [2.75, 3.05) is 6.54 Å². The van der Waals surface area contributed by atoms with Gasteiger partial charge in [-0.3, -0.25) is 0 Å². The molecule has 0 heterocycles. The zero-order chi connectivity index (χ0) is 15.5. The Hall–Kier alpha value is -0.620. The second-order valence-corrected chi connectivity index (χ2v) is 7.89. The monoisotopic (exact) mass is 330 g/mol. The maximum Gasteiger partial charge on any atom is 0.240 e. The molecule has 1 aromatic carbocycles. The number of hydrogen-bond donors (Lipinski definition) is 2. The van der Waals surface area contributed by atoms with E-state index < -0.39 is 10.0 Å². The summed E-state index contributed by atoms with van der Waals surface area (Å²) in [5.74, 6) is 0.587. The van der Waals surface area contributed by atoms with Crippen LogP contribution in [0, 0.1) is 5.92 Å². The van der Waals surface area contributed by atoms with Crippen molar-refractivity contribution in [1.29, 1.82) is 0 Å². The third-order valence-electron chi connectivity index (χ3n) is 3.92. The molecule has 0 amide bonds. The molecule has 2 rings (SSSR count). The highest BCUT2D eigenvalue weighted by atomic mass is 35.5. The van der Waals surface area contributed by atoms with Crippen molar-refractivity contribution in [3.8, 4) is 0 Å². The fraction of sp³-hybridized carbons (Fsp3) is 0.600. The van der Waals surface area contributed by atoms with Crippen LogP contribution in [0.3, 0.4) is 0 Å². The molecule has 0 radical (unpaired) electrons. The Morgan fingerprint density at radius 1 is 1.33 bits per heavy atom. The van der Waals surface area contributed by atoms with Crippen LogP contribution in [0.4, 0.5) is 0 Å². The zero-order valence-corrected chi connectivity index (χ0v) is 14.1. The van der Waals surface area contributed by atoms with Crippen LogP contribution < -0.4 is 10.0 Å². The predicted molar refractivity (Wildman–Crippen MR) is 86.0 cm³/mol. The quantitative estimate of drug-likeness (QED) is 0.843. The molecular weight excluding hydrogens is 308 g/mol. The molecule has 1 aromatic rings. The van der Waals surface area contributed by atoms with Crippen molar-refractivity contribution >= 4 is 21.6 Å². The summed E-state index contributed by atoms with van der Waals surface area (Å²) >= 11 is 6.18. The Morgan fingerprint density at radius 2 is 2.10 bits per heavy atom. The van der Waals surface area contributed by atoms with E-state index in [-0.39, 0.29) is 10.9 Å². The summed E-state index contributed by atoms with van der Waals surface area (Å²) < 4.78 is 27.6. The third kappa shape index (κ3) is 4.42. The van der Waals surface area contributed by atoms with E-state index >= 15 is 0 Å². The molecule has 118 valence electrons. The van der Waals surface area contributed by atoms with E-state index in [0.717, 1.165) is 31.4 Å². The lowest BCUT2D eigenvalue weighted by Gasteiger charge is -2.14. The van der Waals surface area contributed by atoms with Crippen molar-refractivity contribution < 1.29 is 8.42 Å². The van der Waals surface area contributed by atoms with Gasteiger partial charge in [0.25, 0.3) is 0 Å². The molecule has 1 saturated carbocycles. The molecule has 0 spiro atoms. The molecule has 1 fully saturated rings. The molecule has 1 aliphatic rings. The summed E-state index contributed by atoms with van der Waals surface area (Å²) in [6, 6.07) is 4.98. The first-order chi connectivity index (χ1) is 9.92. The van der Waals surface area contributed by atoms with Crippen molar-refractivity contribution in [2.45, 2.75) is 50.6 Å². The van der Waals surface area contributed by atoms with Crippen LogP contribution in [-0.4, -0.2) is 21.0 Å². The number of halogens is 1. The van der Waals surface area contributed by atoms with Crippen LogP contribution in [0.1, 0.15) is 38.7 Å². The topological polar surface area (TPSA) is 58.2 Å². The molecule has 21 heavy (non-hydrogen) atoms. The smallest absolute Gasteiger partial charge is 0.240 e. The second-order valence-electron chi connectivity index (χ2n) is 5.77. The Kier molecular flexibility index (Phi) is 5.66. The summed E-state index contributed by atoms with van der Waals surface area (Å²) in [7, 11) is -3.48. The van der Waals surface area contributed by atoms with Gasteiger partial charge in [-0.15, -0.1) is 0 Å². The molecule has 2 atom stereocenters. The first-order valence-corrected chi connectivity index (χ1v) is 9.30. The maximum absolute atomic E-state index is 12.4. The number of nitrogens with one attached hydrogen (secondary N) is 2. The summed E-state index contributed by atoms with van der Waals surface area (Å²) in [5.41, 5.74) is 0.909. The van der Waals surface area contributed by atoms with Gasteiger partial charge in [0.1, 0.15) is 0 Å². The van der Waals surface area contributed by atoms with Gasteiger partial charge in [-0.2, -0.15) is 0 Å². The van der Waals surface area contributed by atoms with Gasteiger partial charge in [-0.05, 0) is 49.4 Å². The second kappa shape index (κ2) is 7.09. The predicted octanol–water partition coefficient (Wildman–Crippen LogP) is 2.92. The minimum Gasteiger partial charge on any atom is -0.313 e. The first kappa shape index (κ1) is 16.7. The minimum absolute atomic E-state index is 0.0465. The lowest BCUT2D eigenvalue weighted by atomic mass is 10.1. The summed E-state index contributed by atoms with van der Waals surface area (Å²) in [5, 5.41) is 3.66. The van der Waals surface area contributed by atoms with Crippen molar-refractivity contribution in [3.05, 3.63) is 28.8 Å². The Labute approximate surface area is 132 Å². The van der Waals surface area contributed by atoms with E-state index in [1.807, 2.05) is 6.92 Å². The Bertz CT molecular complexity index is 589. The van der Waals surface area contributed by atoms with Gasteiger partial charge >= 0.3 is 0 Å². The minimum atomic E-state index is -3.48. The number of benzene rings is 1. The average Bonchev–Trinajstić information content (AvgIpc) is 2.82. The molecule has 2 N–H and O–H groups in total. The number of hydrogen-bond acceptors (Lipinski definition) is 3. The molecule has 0 aromatic heterocycles. The van der Waals surface area contributed by atoms with Gasteiger partial charge in [0.05, 0.1) is 4.90 Å². The van der Waals surface area contributed by atoms with Crippen LogP contribution in [0.15, 0.2) is 23.1 Å². The van der Waals surface area contributed by atoms with Gasteiger partial charge < -0.3 is 5.32 Å². The standard InChI is InChI=1S/C15H23ClN2O2S/c1-3-17-10-12-5-7-14(9-15(12)16)21(19,20)18-13-6-4-11(2)8-13/h5,7,9,11,13,17-18H,3-4,6,8,10H2,1-2H3. The fourth-order valence-electron chi connectivity index (χ4n) is 2.70. The average molecular weight is 331 g/mol. The van der Waals surface area contributed by atoms with Crippen molar-refractivity contribution in [2.24, 2.45) is 5.92 Å². The van der Waals surface area contributed by atoms with Crippen LogP contribution in [0.25, 0.3) is 0 Å². The summed E-state index contributed by atoms with van der Waals surface area (Å²) in [4.78, 5) is 0.243. The van der Waals surface area contributed by atoms with E-state index in [9.17, 15) is 8.42 Å². The fourth-order valence-corrected chi connectivity index (χ4v) is 4.32. The van der Waals surface area contributed by atoms with Gasteiger partial charge in [0.2, 0.25) is 10.0 Å². The molecule has 0 bridgehead atoms. The highest BCUT2D eigenvalue weighted by molar-refractivity contribution is 7.89. The molecule has 4 nitrogen and oxygen atoms in total. The van der Waals surface area contributed by atoms with Crippen LogP contribution in [0.2, 0.25) is 5.02 Å². The molecule has 6 heteroatoms. The highest BCUT2D eigenvalue weighted by Crippen LogP contribution is 2.27. The molecule has 1 aliphatic carbocycles. The molecule has 0 aliphatic heterocycles. The summed E-state index contributed by atoms with van der Waals surface area (Å²) in [6.07, 6.45) is 2.90. The Balaban J connectivity index is 2.11. The van der Waals surface area contributed by atoms with Gasteiger partial charge in [0.15, 0.2) is 0 Å². The van der Waals surface area contributed by atoms with Crippen LogP contribution >= 0.6 is 11.6 Å². The lowest BCUT2D eigenvalue weighted by Crippen LogP contribution is -2.33. The third-order valence-corrected chi connectivity index (χ3v) is 5.79. The van der Waals surface area contributed by atoms with Crippen LogP contribution in [0.5, 0.6) is 0 Å². The number of sulfonamides is 1. The molecule has 0 saturated heterocycles. The van der Waals surface area contributed by atoms with E-state index in [1.54, 1.807) is 12.1 Å². The first-order valence-electron chi connectivity index (χ1n) is 7.44. The maximum atomic E-state index is 12.4. The molecule has 2 unspecified atom stereocenters. The van der Waals surface area contributed by atoms with Crippen molar-refractivity contribution in [3.63, 3.8) is 0 Å². The summed E-state index contributed by atoms with van der Waals surface area (Å²) in [6.45, 7) is 5.65. The molecular formula is C15H23ClN2O2S. The van der Waals surface area contributed by atoms with Gasteiger partial charge in [-0.1, -0.05) is 31.5 Å². The largest absolute Gasteiger partial charge is 0.313 e. The lowest BCUT2D eigenvalue weighted by molar-refractivity contribution is 0.538. The van der Waals surface area contributed by atoms with E-state index in [2.05, 4.69) is 17.0 Å². The van der Waals surface area contributed by atoms with Crippen LogP contribution in [-0.2, 0) is 16.6 Å². The van der Waals surface area contributed by atoms with E-state index in [1.165, 1.54) is 6.07 Å². The van der Waals surface area contributed by atoms with Gasteiger partial charge in [-0.25, -0.2) is 13.1 Å². The highest BCUT2D eigenvalue weighted by Gasteiger charge is 2.26. The van der Waals surface area contributed by atoms with Gasteiger partial charge in [0, 0.05) is 17.6 Å². The Morgan fingerprint density at radius 3 is 2.67 bits per heavy atom. The van der Waals surface area contributed by atoms with E-state index in [0.29, 0.717) is 17.5 Å². The number of rotatable bonds is 6. The SMILES string of the molecule is CCNCc1ccc(S(=O)(=O)NC2CCC(C)C2)cc1Cl. The normalized spacial score (nSPS) is 22.6.